The number of nitrogens with zero attached hydrogens (tertiary/aromatic N) is 1. The van der Waals surface area contributed by atoms with Gasteiger partial charge in [-0.1, -0.05) is 0 Å². The van der Waals surface area contributed by atoms with Gasteiger partial charge in [0.15, 0.2) is 0 Å². The standard InChI is InChI=1S/C5H9N.6CH3.2Pb/c1-4-5-6(2)3;;;;;;;;/h4H,5H2,2-3H3;6*1H3;;. The fourth-order valence-corrected chi connectivity index (χ4v) is 93.0. The molecule has 0 saturated carbocycles. The van der Waals surface area contributed by atoms with E-state index < -0.39 is 42.3 Å². The zero-order chi connectivity index (χ0) is 11.6. The van der Waals surface area contributed by atoms with E-state index in [1.54, 1.807) is 0 Å². The molecule has 0 radical (unpaired) electrons. The van der Waals surface area contributed by atoms with Crippen molar-refractivity contribution in [3.05, 3.63) is 6.77 Å². The summed E-state index contributed by atoms with van der Waals surface area (Å²) < 4.78 is 17.4. The molecule has 3 heteroatoms. The third kappa shape index (κ3) is 6.20. The van der Waals surface area contributed by atoms with Crippen molar-refractivity contribution in [2.24, 2.45) is 0 Å². The molecule has 0 N–H and O–H groups in total. The number of rotatable bonds is 4. The van der Waals surface area contributed by atoms with Crippen molar-refractivity contribution in [3.63, 3.8) is 0 Å². The molecule has 0 bridgehead atoms. The molecule has 0 saturated heterocycles. The quantitative estimate of drug-likeness (QED) is 0.457. The monoisotopic (exact) mass is 589 g/mol. The molecule has 0 spiro atoms. The molecule has 0 aromatic rings. The molecule has 0 amide bonds. The summed E-state index contributed by atoms with van der Waals surface area (Å²) in [5.41, 5.74) is 0. The topological polar surface area (TPSA) is 3.24 Å². The van der Waals surface area contributed by atoms with E-state index in [1.165, 1.54) is 0 Å². The third-order valence-electron chi connectivity index (χ3n) is 2.28. The maximum absolute atomic E-state index is 2.57. The zero-order valence-electron chi connectivity index (χ0n) is 11.2. The van der Waals surface area contributed by atoms with Crippen molar-refractivity contribution in [2.45, 2.75) is 26.9 Å². The first kappa shape index (κ1) is 15.5. The van der Waals surface area contributed by atoms with E-state index in [0.29, 0.717) is 0 Å². The molecule has 0 aromatic heterocycles. The summed E-state index contributed by atoms with van der Waals surface area (Å²) in [5, 5.41) is 0. The van der Waals surface area contributed by atoms with Crippen molar-refractivity contribution >= 4 is 42.3 Å². The van der Waals surface area contributed by atoms with E-state index in [1.807, 2.05) is 0.692 Å². The average molecular weight is 588 g/mol. The normalized spacial score (nSPS) is 13.2. The van der Waals surface area contributed by atoms with Crippen LogP contribution in [0.1, 0.15) is 0 Å². The van der Waals surface area contributed by atoms with Crippen LogP contribution < -0.4 is 0 Å². The van der Waals surface area contributed by atoms with Gasteiger partial charge < -0.3 is 0 Å². The third-order valence-corrected chi connectivity index (χ3v) is 67.6. The fraction of sp³-hybridized carbons (Fsp3) is 0.818. The van der Waals surface area contributed by atoms with Crippen LogP contribution in [-0.2, 0) is 0 Å². The second kappa shape index (κ2) is 5.75. The van der Waals surface area contributed by atoms with Crippen LogP contribution in [0.3, 0.4) is 0 Å². The second-order valence-corrected chi connectivity index (χ2v) is 53.1. The van der Waals surface area contributed by atoms with Crippen LogP contribution in [0.5, 0.6) is 0 Å². The van der Waals surface area contributed by atoms with Crippen molar-refractivity contribution < 1.29 is 0 Å². The second-order valence-electron chi connectivity index (χ2n) is 6.38. The first-order valence-corrected chi connectivity index (χ1v) is 32.6. The average Bonchev–Trinajstić information content (AvgIpc) is 1.78. The Labute approximate surface area is 100 Å². The molecule has 14 heavy (non-hydrogen) atoms. The minimum atomic E-state index is -1.91. The fourth-order valence-electron chi connectivity index (χ4n) is 2.01. The summed E-state index contributed by atoms with van der Waals surface area (Å²) in [5.74, 6) is 0. The number of likely N-dealkylation sites (N-methyl/N-ethyl adjacent to an activating group) is 1. The Bertz CT molecular complexity index is 190. The van der Waals surface area contributed by atoms with Crippen LogP contribution in [0.2, 0.25) is 26.9 Å². The van der Waals surface area contributed by atoms with Crippen LogP contribution in [0.25, 0.3) is 0 Å². The van der Waals surface area contributed by atoms with Crippen molar-refractivity contribution in [1.29, 1.82) is 0 Å². The summed E-state index contributed by atoms with van der Waals surface area (Å²) in [4.78, 5) is 2.28. The van der Waals surface area contributed by atoms with E-state index in [2.05, 4.69) is 52.0 Å². The molecule has 0 aliphatic carbocycles. The van der Waals surface area contributed by atoms with Gasteiger partial charge in [0, 0.05) is 0 Å². The maximum atomic E-state index is 2.57. The van der Waals surface area contributed by atoms with E-state index >= 15 is 0 Å². The van der Waals surface area contributed by atoms with Crippen LogP contribution in [0.15, 0.2) is 6.77 Å². The van der Waals surface area contributed by atoms with Crippen LogP contribution in [0, 0.1) is 0 Å². The first-order chi connectivity index (χ1) is 6.05. The van der Waals surface area contributed by atoms with Gasteiger partial charge in [0.2, 0.25) is 0 Å². The van der Waals surface area contributed by atoms with Crippen LogP contribution >= 0.6 is 0 Å². The molecule has 0 unspecified atom stereocenters. The molecule has 1 nitrogen and oxygen atoms in total. The summed E-state index contributed by atoms with van der Waals surface area (Å²) in [6.45, 7) is 1.14. The molecule has 0 atom stereocenters. The molecule has 0 aliphatic heterocycles. The van der Waals surface area contributed by atoms with E-state index in [-0.39, 0.29) is 0 Å². The van der Waals surface area contributed by atoms with Gasteiger partial charge in [-0.25, -0.2) is 0 Å². The molecule has 0 fully saturated rings. The van der Waals surface area contributed by atoms with Gasteiger partial charge in [0.1, 0.15) is 0 Å². The van der Waals surface area contributed by atoms with E-state index in [4.69, 9.17) is 0 Å². The Kier molecular flexibility index (Phi) is 6.38. The van der Waals surface area contributed by atoms with Gasteiger partial charge in [0.25, 0.3) is 0 Å². The van der Waals surface area contributed by atoms with Crippen molar-refractivity contribution in [3.8, 4) is 0 Å². The van der Waals surface area contributed by atoms with Crippen LogP contribution in [0.4, 0.5) is 0 Å². The van der Waals surface area contributed by atoms with Gasteiger partial charge in [0.05, 0.1) is 0 Å². The van der Waals surface area contributed by atoms with E-state index in [9.17, 15) is 0 Å². The van der Waals surface area contributed by atoms with Crippen LogP contribution in [-0.4, -0.2) is 67.9 Å². The summed E-state index contributed by atoms with van der Waals surface area (Å²) in [6, 6.07) is 0. The van der Waals surface area contributed by atoms with Gasteiger partial charge in [-0.3, -0.25) is 0 Å². The zero-order valence-corrected chi connectivity index (χ0v) is 19.0. The van der Waals surface area contributed by atoms with Gasteiger partial charge >= 0.3 is 102 Å². The molecule has 0 aromatic carbocycles. The molecule has 0 rings (SSSR count). The number of hydrogen-bond acceptors (Lipinski definition) is 1. The predicted molar refractivity (Wildman–Crippen MR) is 73.3 cm³/mol. The SMILES string of the molecule is CN(C)CC=[C]([Pb]([CH3])([CH3])[CH3])[Pb]([CH3])([CH3])[CH3]. The Morgan fingerprint density at radius 3 is 1.50 bits per heavy atom. The Hall–Kier alpha value is 1.54. The van der Waals surface area contributed by atoms with Gasteiger partial charge in [-0.15, -0.1) is 0 Å². The summed E-state index contributed by atoms with van der Waals surface area (Å²) in [6.07, 6.45) is 2.57. The Morgan fingerprint density at radius 1 is 0.929 bits per heavy atom. The summed E-state index contributed by atoms with van der Waals surface area (Å²) in [7, 11) is 4.32. The minimum absolute atomic E-state index is 1.14. The predicted octanol–water partition coefficient (Wildman–Crippen LogP) is 3.23. The molecular weight excluding hydrogens is 561 g/mol. The number of hydrogen-bond donors (Lipinski definition) is 0. The molecular formula is C11H27NPb2. The first-order valence-electron chi connectivity index (χ1n) is 5.41. The molecule has 0 heterocycles. The Balaban J connectivity index is 4.84. The molecule has 84 valence electrons. The van der Waals surface area contributed by atoms with Gasteiger partial charge in [-0.2, -0.15) is 0 Å². The Morgan fingerprint density at radius 2 is 1.29 bits per heavy atom. The van der Waals surface area contributed by atoms with Crippen molar-refractivity contribution in [1.82, 2.24) is 4.90 Å². The van der Waals surface area contributed by atoms with Gasteiger partial charge in [-0.05, 0) is 0 Å². The molecule has 0 aliphatic rings. The summed E-state index contributed by atoms with van der Waals surface area (Å²) >= 11 is -3.82. The van der Waals surface area contributed by atoms with E-state index in [0.717, 1.165) is 6.54 Å². The van der Waals surface area contributed by atoms with Crippen molar-refractivity contribution in [2.75, 3.05) is 20.6 Å².